The molecule has 1 aliphatic carbocycles. The lowest BCUT2D eigenvalue weighted by molar-refractivity contribution is 0.269. The fourth-order valence-corrected chi connectivity index (χ4v) is 3.31. The van der Waals surface area contributed by atoms with E-state index in [4.69, 9.17) is 0 Å². The largest absolute Gasteiger partial charge is 0.310 e. The average molecular weight is 267 g/mol. The summed E-state index contributed by atoms with van der Waals surface area (Å²) in [4.78, 5) is 0. The molecule has 0 amide bonds. The molecule has 1 saturated carbocycles. The van der Waals surface area contributed by atoms with Gasteiger partial charge in [-0.1, -0.05) is 19.1 Å². The molecular formula is C15H22FNS. The molecular weight excluding hydrogens is 245 g/mol. The first-order chi connectivity index (χ1) is 8.72. The van der Waals surface area contributed by atoms with Gasteiger partial charge in [0.1, 0.15) is 5.82 Å². The number of benzene rings is 1. The summed E-state index contributed by atoms with van der Waals surface area (Å²) >= 11 is 1.91. The van der Waals surface area contributed by atoms with E-state index in [2.05, 4.69) is 18.5 Å². The number of halogens is 1. The van der Waals surface area contributed by atoms with Crippen molar-refractivity contribution < 1.29 is 4.39 Å². The second kappa shape index (κ2) is 6.58. The van der Waals surface area contributed by atoms with E-state index in [1.54, 1.807) is 12.1 Å². The Hall–Kier alpha value is -0.540. The lowest BCUT2D eigenvalue weighted by Crippen LogP contribution is -2.46. The summed E-state index contributed by atoms with van der Waals surface area (Å²) in [6, 6.07) is 8.28. The first kappa shape index (κ1) is 13.9. The third-order valence-electron chi connectivity index (χ3n) is 3.81. The Kier molecular flexibility index (Phi) is 5.07. The molecule has 100 valence electrons. The van der Waals surface area contributed by atoms with Crippen molar-refractivity contribution in [2.75, 3.05) is 12.0 Å². The number of thioether (sulfide) groups is 1. The quantitative estimate of drug-likeness (QED) is 0.841. The van der Waals surface area contributed by atoms with E-state index in [-0.39, 0.29) is 5.82 Å². The average Bonchev–Trinajstić information content (AvgIpc) is 2.33. The predicted octanol–water partition coefficient (Wildman–Crippen LogP) is 3.80. The summed E-state index contributed by atoms with van der Waals surface area (Å²) < 4.78 is 12.8. The third kappa shape index (κ3) is 3.48. The maximum atomic E-state index is 12.8. The van der Waals surface area contributed by atoms with Crippen LogP contribution in [-0.2, 0) is 0 Å². The summed E-state index contributed by atoms with van der Waals surface area (Å²) in [5.74, 6) is 1.67. The van der Waals surface area contributed by atoms with Gasteiger partial charge in [0, 0.05) is 17.8 Å². The van der Waals surface area contributed by atoms with Gasteiger partial charge in [0.05, 0.1) is 0 Å². The van der Waals surface area contributed by atoms with Crippen molar-refractivity contribution in [2.24, 2.45) is 0 Å². The molecule has 0 radical (unpaired) electrons. The van der Waals surface area contributed by atoms with Crippen LogP contribution in [0.1, 0.15) is 37.7 Å². The standard InChI is InChI=1S/C15H22FNS/c1-3-14(10-18-2)17-15-8-12(9-15)11-4-6-13(16)7-5-11/h4-7,12,14-15,17H,3,8-10H2,1-2H3. The first-order valence-electron chi connectivity index (χ1n) is 6.73. The lowest BCUT2D eigenvalue weighted by atomic mass is 9.75. The molecule has 3 heteroatoms. The highest BCUT2D eigenvalue weighted by Crippen LogP contribution is 2.37. The van der Waals surface area contributed by atoms with Gasteiger partial charge >= 0.3 is 0 Å². The molecule has 1 aromatic carbocycles. The molecule has 1 fully saturated rings. The van der Waals surface area contributed by atoms with Crippen LogP contribution in [-0.4, -0.2) is 24.1 Å². The van der Waals surface area contributed by atoms with Crippen LogP contribution in [0.5, 0.6) is 0 Å². The Morgan fingerprint density at radius 3 is 2.56 bits per heavy atom. The summed E-state index contributed by atoms with van der Waals surface area (Å²) in [5, 5.41) is 3.72. The fraction of sp³-hybridized carbons (Fsp3) is 0.600. The van der Waals surface area contributed by atoms with Crippen molar-refractivity contribution in [3.8, 4) is 0 Å². The molecule has 1 nitrogen and oxygen atoms in total. The van der Waals surface area contributed by atoms with Gasteiger partial charge in [0.2, 0.25) is 0 Å². The minimum Gasteiger partial charge on any atom is -0.310 e. The predicted molar refractivity (Wildman–Crippen MR) is 77.8 cm³/mol. The van der Waals surface area contributed by atoms with Gasteiger partial charge in [-0.3, -0.25) is 0 Å². The van der Waals surface area contributed by atoms with Gasteiger partial charge in [-0.15, -0.1) is 0 Å². The summed E-state index contributed by atoms with van der Waals surface area (Å²) in [6.45, 7) is 2.24. The van der Waals surface area contributed by atoms with Gasteiger partial charge in [-0.2, -0.15) is 11.8 Å². The van der Waals surface area contributed by atoms with E-state index in [0.29, 0.717) is 18.0 Å². The minimum absolute atomic E-state index is 0.140. The van der Waals surface area contributed by atoms with Crippen molar-refractivity contribution in [3.63, 3.8) is 0 Å². The van der Waals surface area contributed by atoms with Crippen LogP contribution in [0, 0.1) is 5.82 Å². The highest BCUT2D eigenvalue weighted by atomic mass is 32.2. The molecule has 2 rings (SSSR count). The summed E-state index contributed by atoms with van der Waals surface area (Å²) in [7, 11) is 0. The second-order valence-corrected chi connectivity index (χ2v) is 6.05. The first-order valence-corrected chi connectivity index (χ1v) is 8.12. The van der Waals surface area contributed by atoms with Gasteiger partial charge in [-0.25, -0.2) is 4.39 Å². The molecule has 1 atom stereocenters. The molecule has 0 aromatic heterocycles. The molecule has 1 N–H and O–H groups in total. The Labute approximate surface area is 114 Å². The van der Waals surface area contributed by atoms with Gasteiger partial charge in [0.15, 0.2) is 0 Å². The van der Waals surface area contributed by atoms with E-state index in [9.17, 15) is 4.39 Å². The summed E-state index contributed by atoms with van der Waals surface area (Å²) in [5.41, 5.74) is 1.28. The maximum Gasteiger partial charge on any atom is 0.123 e. The Bertz CT molecular complexity index is 359. The Balaban J connectivity index is 1.78. The van der Waals surface area contributed by atoms with E-state index in [1.165, 1.54) is 30.6 Å². The Morgan fingerprint density at radius 1 is 1.33 bits per heavy atom. The topological polar surface area (TPSA) is 12.0 Å². The molecule has 0 bridgehead atoms. The van der Waals surface area contributed by atoms with E-state index < -0.39 is 0 Å². The van der Waals surface area contributed by atoms with Crippen LogP contribution < -0.4 is 5.32 Å². The maximum absolute atomic E-state index is 12.8. The van der Waals surface area contributed by atoms with Crippen molar-refractivity contribution in [1.82, 2.24) is 5.32 Å². The second-order valence-electron chi connectivity index (χ2n) is 5.14. The van der Waals surface area contributed by atoms with E-state index in [0.717, 1.165) is 0 Å². The molecule has 0 heterocycles. The van der Waals surface area contributed by atoms with Crippen LogP contribution in [0.15, 0.2) is 24.3 Å². The highest BCUT2D eigenvalue weighted by Gasteiger charge is 2.31. The molecule has 0 saturated heterocycles. The smallest absolute Gasteiger partial charge is 0.123 e. The number of hydrogen-bond acceptors (Lipinski definition) is 2. The molecule has 0 aliphatic heterocycles. The van der Waals surface area contributed by atoms with Crippen molar-refractivity contribution >= 4 is 11.8 Å². The zero-order chi connectivity index (χ0) is 13.0. The van der Waals surface area contributed by atoms with Crippen molar-refractivity contribution in [2.45, 2.75) is 44.2 Å². The highest BCUT2D eigenvalue weighted by molar-refractivity contribution is 7.98. The van der Waals surface area contributed by atoms with E-state index >= 15 is 0 Å². The molecule has 18 heavy (non-hydrogen) atoms. The zero-order valence-corrected chi connectivity index (χ0v) is 12.0. The molecule has 1 aliphatic rings. The SMILES string of the molecule is CCC(CSC)NC1CC(c2ccc(F)cc2)C1. The number of hydrogen-bond donors (Lipinski definition) is 1. The number of nitrogens with one attached hydrogen (secondary N) is 1. The lowest BCUT2D eigenvalue weighted by Gasteiger charge is -2.38. The zero-order valence-electron chi connectivity index (χ0n) is 11.2. The van der Waals surface area contributed by atoms with Crippen LogP contribution in [0.3, 0.4) is 0 Å². The van der Waals surface area contributed by atoms with Crippen LogP contribution in [0.25, 0.3) is 0 Å². The molecule has 1 aromatic rings. The van der Waals surface area contributed by atoms with Gasteiger partial charge in [-0.05, 0) is 49.1 Å². The van der Waals surface area contributed by atoms with Crippen molar-refractivity contribution in [3.05, 3.63) is 35.6 Å². The summed E-state index contributed by atoms with van der Waals surface area (Å²) in [6.07, 6.45) is 5.73. The van der Waals surface area contributed by atoms with Crippen molar-refractivity contribution in [1.29, 1.82) is 0 Å². The van der Waals surface area contributed by atoms with Crippen LogP contribution in [0.2, 0.25) is 0 Å². The third-order valence-corrected chi connectivity index (χ3v) is 4.55. The molecule has 0 spiro atoms. The van der Waals surface area contributed by atoms with Gasteiger partial charge in [0.25, 0.3) is 0 Å². The van der Waals surface area contributed by atoms with Crippen LogP contribution >= 0.6 is 11.8 Å². The van der Waals surface area contributed by atoms with E-state index in [1.807, 2.05) is 23.9 Å². The Morgan fingerprint density at radius 2 is 2.00 bits per heavy atom. The van der Waals surface area contributed by atoms with Crippen LogP contribution in [0.4, 0.5) is 4.39 Å². The molecule has 1 unspecified atom stereocenters. The monoisotopic (exact) mass is 267 g/mol. The normalized spacial score (nSPS) is 24.6. The number of rotatable bonds is 6. The minimum atomic E-state index is -0.140. The fourth-order valence-electron chi connectivity index (χ4n) is 2.58. The van der Waals surface area contributed by atoms with Gasteiger partial charge < -0.3 is 5.32 Å².